The molecule has 2 aromatic rings. The van der Waals surface area contributed by atoms with E-state index in [-0.39, 0.29) is 18.6 Å². The molecule has 0 saturated carbocycles. The Morgan fingerprint density at radius 3 is 2.57 bits per heavy atom. The highest BCUT2D eigenvalue weighted by Gasteiger charge is 2.18. The Morgan fingerprint density at radius 1 is 1.22 bits per heavy atom. The molecule has 1 amide bonds. The van der Waals surface area contributed by atoms with Crippen LogP contribution >= 0.6 is 0 Å². The highest BCUT2D eigenvalue weighted by atomic mass is 16.5. The van der Waals surface area contributed by atoms with E-state index in [0.717, 1.165) is 5.76 Å². The summed E-state index contributed by atoms with van der Waals surface area (Å²) in [5, 5.41) is 2.85. The van der Waals surface area contributed by atoms with E-state index < -0.39 is 0 Å². The molecule has 1 aromatic heterocycles. The van der Waals surface area contributed by atoms with Crippen LogP contribution in [0.5, 0.6) is 11.5 Å². The lowest BCUT2D eigenvalue weighted by molar-refractivity contribution is -0.123. The van der Waals surface area contributed by atoms with Gasteiger partial charge in [0.05, 0.1) is 19.4 Å². The fourth-order valence-electron chi connectivity index (χ4n) is 2.16. The van der Waals surface area contributed by atoms with E-state index in [0.29, 0.717) is 18.0 Å². The lowest BCUT2D eigenvalue weighted by atomic mass is 10.2. The molecule has 0 saturated heterocycles. The summed E-state index contributed by atoms with van der Waals surface area (Å²) < 4.78 is 16.1. The monoisotopic (exact) mass is 318 g/mol. The summed E-state index contributed by atoms with van der Waals surface area (Å²) >= 11 is 0. The second-order valence-corrected chi connectivity index (χ2v) is 5.24. The third-order valence-electron chi connectivity index (χ3n) is 3.42. The number of carbonyl (C=O) groups excluding carboxylic acids is 1. The Hall–Kier alpha value is -2.47. The number of hydrogen-bond acceptors (Lipinski definition) is 5. The van der Waals surface area contributed by atoms with Gasteiger partial charge in [-0.2, -0.15) is 0 Å². The van der Waals surface area contributed by atoms with E-state index in [9.17, 15) is 4.79 Å². The van der Waals surface area contributed by atoms with Crippen LogP contribution in [0.15, 0.2) is 47.1 Å². The zero-order valence-corrected chi connectivity index (χ0v) is 13.6. The Balaban J connectivity index is 1.85. The van der Waals surface area contributed by atoms with Gasteiger partial charge in [-0.15, -0.1) is 0 Å². The van der Waals surface area contributed by atoms with Gasteiger partial charge in [0.1, 0.15) is 5.76 Å². The molecule has 0 fully saturated rings. The maximum absolute atomic E-state index is 12.0. The predicted molar refractivity (Wildman–Crippen MR) is 86.6 cm³/mol. The van der Waals surface area contributed by atoms with Gasteiger partial charge in [0, 0.05) is 6.54 Å². The highest BCUT2D eigenvalue weighted by Crippen LogP contribution is 2.25. The Bertz CT molecular complexity index is 611. The van der Waals surface area contributed by atoms with Crippen molar-refractivity contribution >= 4 is 5.91 Å². The molecule has 1 unspecified atom stereocenters. The molecular formula is C17H22N2O4. The lowest BCUT2D eigenvalue weighted by Gasteiger charge is -2.22. The molecule has 0 radical (unpaired) electrons. The van der Waals surface area contributed by atoms with Crippen molar-refractivity contribution in [2.24, 2.45) is 0 Å². The van der Waals surface area contributed by atoms with Crippen molar-refractivity contribution in [3.8, 4) is 11.5 Å². The molecule has 1 N–H and O–H groups in total. The fourth-order valence-corrected chi connectivity index (χ4v) is 2.16. The Labute approximate surface area is 136 Å². The van der Waals surface area contributed by atoms with Gasteiger partial charge in [0.2, 0.25) is 0 Å². The lowest BCUT2D eigenvalue weighted by Crippen LogP contribution is -2.36. The molecule has 0 spiro atoms. The van der Waals surface area contributed by atoms with Gasteiger partial charge < -0.3 is 19.2 Å². The van der Waals surface area contributed by atoms with Gasteiger partial charge in [-0.25, -0.2) is 0 Å². The minimum absolute atomic E-state index is 0.0276. The maximum atomic E-state index is 12.0. The second kappa shape index (κ2) is 8.24. The third-order valence-corrected chi connectivity index (χ3v) is 3.42. The number of hydrogen-bond donors (Lipinski definition) is 1. The number of nitrogens with one attached hydrogen (secondary N) is 1. The Kier molecular flexibility index (Phi) is 6.05. The average Bonchev–Trinajstić information content (AvgIpc) is 3.07. The minimum Gasteiger partial charge on any atom is -0.493 e. The third kappa shape index (κ3) is 4.75. The first-order valence-corrected chi connectivity index (χ1v) is 7.34. The summed E-state index contributed by atoms with van der Waals surface area (Å²) in [6.45, 7) is 0.368. The van der Waals surface area contributed by atoms with Crippen LogP contribution in [0.1, 0.15) is 11.8 Å². The predicted octanol–water partition coefficient (Wildman–Crippen LogP) is 2.09. The molecule has 0 aliphatic heterocycles. The van der Waals surface area contributed by atoms with Crippen LogP contribution in [0.3, 0.4) is 0 Å². The SMILES string of the molecule is COc1ccccc1OCC(=O)NCC(c1ccco1)N(C)C. The summed E-state index contributed by atoms with van der Waals surface area (Å²) in [4.78, 5) is 14.0. The van der Waals surface area contributed by atoms with Crippen LogP contribution in [0.4, 0.5) is 0 Å². The first kappa shape index (κ1) is 16.9. The largest absolute Gasteiger partial charge is 0.493 e. The maximum Gasteiger partial charge on any atom is 0.258 e. The molecule has 0 bridgehead atoms. The number of carbonyl (C=O) groups is 1. The molecule has 1 heterocycles. The zero-order chi connectivity index (χ0) is 16.7. The summed E-state index contributed by atoms with van der Waals surface area (Å²) in [6, 6.07) is 10.9. The smallest absolute Gasteiger partial charge is 0.258 e. The normalized spacial score (nSPS) is 12.0. The van der Waals surface area contributed by atoms with Crippen LogP contribution in [0, 0.1) is 0 Å². The molecule has 2 rings (SSSR count). The Morgan fingerprint density at radius 2 is 1.96 bits per heavy atom. The standard InChI is InChI=1S/C17H22N2O4/c1-19(2)13(14-9-6-10-22-14)11-18-17(20)12-23-16-8-5-4-7-15(16)21-3/h4-10,13H,11-12H2,1-3H3,(H,18,20). The topological polar surface area (TPSA) is 63.9 Å². The number of para-hydroxylation sites is 2. The van der Waals surface area contributed by atoms with Gasteiger partial charge in [-0.05, 0) is 38.4 Å². The van der Waals surface area contributed by atoms with Crippen LogP contribution in [0.2, 0.25) is 0 Å². The van der Waals surface area contributed by atoms with E-state index in [4.69, 9.17) is 13.9 Å². The van der Waals surface area contributed by atoms with Crippen LogP contribution in [-0.2, 0) is 4.79 Å². The quantitative estimate of drug-likeness (QED) is 0.807. The molecule has 1 aromatic carbocycles. The number of methoxy groups -OCH3 is 1. The van der Waals surface area contributed by atoms with Crippen molar-refractivity contribution in [2.45, 2.75) is 6.04 Å². The molecular weight excluding hydrogens is 296 g/mol. The van der Waals surface area contributed by atoms with Gasteiger partial charge in [0.25, 0.3) is 5.91 Å². The van der Waals surface area contributed by atoms with E-state index in [2.05, 4.69) is 5.32 Å². The second-order valence-electron chi connectivity index (χ2n) is 5.24. The zero-order valence-electron chi connectivity index (χ0n) is 13.6. The number of amides is 1. The molecule has 0 aliphatic carbocycles. The summed E-state index contributed by atoms with van der Waals surface area (Å²) in [7, 11) is 5.43. The molecule has 124 valence electrons. The van der Waals surface area contributed by atoms with Gasteiger partial charge in [-0.3, -0.25) is 9.69 Å². The van der Waals surface area contributed by atoms with E-state index in [1.165, 1.54) is 0 Å². The van der Waals surface area contributed by atoms with Crippen LogP contribution in [0.25, 0.3) is 0 Å². The minimum atomic E-state index is -0.200. The van der Waals surface area contributed by atoms with Crippen molar-refractivity contribution in [1.82, 2.24) is 10.2 Å². The van der Waals surface area contributed by atoms with Crippen molar-refractivity contribution in [3.63, 3.8) is 0 Å². The van der Waals surface area contributed by atoms with Crippen molar-refractivity contribution in [1.29, 1.82) is 0 Å². The number of benzene rings is 1. The van der Waals surface area contributed by atoms with E-state index in [1.807, 2.05) is 43.3 Å². The molecule has 6 nitrogen and oxygen atoms in total. The van der Waals surface area contributed by atoms with Crippen LogP contribution in [-0.4, -0.2) is 45.2 Å². The van der Waals surface area contributed by atoms with E-state index >= 15 is 0 Å². The van der Waals surface area contributed by atoms with Crippen molar-refractivity contribution < 1.29 is 18.7 Å². The first-order chi connectivity index (χ1) is 11.1. The molecule has 23 heavy (non-hydrogen) atoms. The number of likely N-dealkylation sites (N-methyl/N-ethyl adjacent to an activating group) is 1. The van der Waals surface area contributed by atoms with Crippen LogP contribution < -0.4 is 14.8 Å². The van der Waals surface area contributed by atoms with E-state index in [1.54, 1.807) is 25.5 Å². The van der Waals surface area contributed by atoms with Gasteiger partial charge in [-0.1, -0.05) is 12.1 Å². The average molecular weight is 318 g/mol. The number of nitrogens with zero attached hydrogens (tertiary/aromatic N) is 1. The fraction of sp³-hybridized carbons (Fsp3) is 0.353. The van der Waals surface area contributed by atoms with Gasteiger partial charge >= 0.3 is 0 Å². The highest BCUT2D eigenvalue weighted by molar-refractivity contribution is 5.77. The number of ether oxygens (including phenoxy) is 2. The summed E-state index contributed by atoms with van der Waals surface area (Å²) in [6.07, 6.45) is 1.62. The number of furan rings is 1. The molecule has 6 heteroatoms. The summed E-state index contributed by atoms with van der Waals surface area (Å²) in [5.41, 5.74) is 0. The first-order valence-electron chi connectivity index (χ1n) is 7.34. The summed E-state index contributed by atoms with van der Waals surface area (Å²) in [5.74, 6) is 1.75. The van der Waals surface area contributed by atoms with Crippen molar-refractivity contribution in [3.05, 3.63) is 48.4 Å². The van der Waals surface area contributed by atoms with Gasteiger partial charge in [0.15, 0.2) is 18.1 Å². The molecule has 1 atom stereocenters. The molecule has 0 aliphatic rings. The van der Waals surface area contributed by atoms with Crippen molar-refractivity contribution in [2.75, 3.05) is 34.4 Å². The number of rotatable bonds is 8.